The van der Waals surface area contributed by atoms with Gasteiger partial charge in [0.05, 0.1) is 29.1 Å². The fourth-order valence-corrected chi connectivity index (χ4v) is 3.08. The van der Waals surface area contributed by atoms with Crippen molar-refractivity contribution in [2.45, 2.75) is 51.2 Å². The minimum Gasteiger partial charge on any atom is -0.378 e. The summed E-state index contributed by atoms with van der Waals surface area (Å²) in [5.74, 6) is 0. The van der Waals surface area contributed by atoms with Crippen LogP contribution in [-0.2, 0) is 11.8 Å². The summed E-state index contributed by atoms with van der Waals surface area (Å²) in [5.41, 5.74) is 1.08. The fourth-order valence-electron chi connectivity index (χ4n) is 2.78. The lowest BCUT2D eigenvalue weighted by atomic mass is 10.00. The van der Waals surface area contributed by atoms with Crippen molar-refractivity contribution in [1.29, 1.82) is 0 Å². The standard InChI is InChI=1S/C14H24ClN3O/c1-3-16-13(14-12(15)10-17-18(14)2)8-7-11-6-4-5-9-19-11/h10-11,13,16H,3-9H2,1-2H3. The number of hydrogen-bond acceptors (Lipinski definition) is 3. The summed E-state index contributed by atoms with van der Waals surface area (Å²) in [7, 11) is 1.95. The summed E-state index contributed by atoms with van der Waals surface area (Å²) < 4.78 is 7.67. The molecule has 1 aliphatic heterocycles. The Morgan fingerprint density at radius 3 is 3.00 bits per heavy atom. The normalized spacial score (nSPS) is 21.5. The molecule has 108 valence electrons. The topological polar surface area (TPSA) is 39.1 Å². The Bertz CT molecular complexity index is 369. The number of hydrogen-bond donors (Lipinski definition) is 1. The second-order valence-corrected chi connectivity index (χ2v) is 5.58. The summed E-state index contributed by atoms with van der Waals surface area (Å²) in [6, 6.07) is 0.260. The van der Waals surface area contributed by atoms with Crippen molar-refractivity contribution in [2.75, 3.05) is 13.2 Å². The third-order valence-corrected chi connectivity index (χ3v) is 4.06. The van der Waals surface area contributed by atoms with E-state index in [1.165, 1.54) is 19.3 Å². The molecule has 0 radical (unpaired) electrons. The first-order valence-electron chi connectivity index (χ1n) is 7.24. The van der Waals surface area contributed by atoms with Crippen LogP contribution < -0.4 is 5.32 Å². The molecular formula is C14H24ClN3O. The Kier molecular flexibility index (Phi) is 5.67. The van der Waals surface area contributed by atoms with Crippen molar-refractivity contribution in [2.24, 2.45) is 7.05 Å². The van der Waals surface area contributed by atoms with Crippen molar-refractivity contribution < 1.29 is 4.74 Å². The van der Waals surface area contributed by atoms with Crippen LogP contribution in [-0.4, -0.2) is 29.0 Å². The first-order valence-corrected chi connectivity index (χ1v) is 7.62. The number of halogens is 1. The Morgan fingerprint density at radius 1 is 1.58 bits per heavy atom. The second-order valence-electron chi connectivity index (χ2n) is 5.18. The van der Waals surface area contributed by atoms with Crippen LogP contribution >= 0.6 is 11.6 Å². The van der Waals surface area contributed by atoms with E-state index in [4.69, 9.17) is 16.3 Å². The highest BCUT2D eigenvalue weighted by Crippen LogP contribution is 2.28. The van der Waals surface area contributed by atoms with Gasteiger partial charge >= 0.3 is 0 Å². The van der Waals surface area contributed by atoms with Crippen molar-refractivity contribution >= 4 is 11.6 Å². The Hall–Kier alpha value is -0.580. The lowest BCUT2D eigenvalue weighted by Crippen LogP contribution is -2.26. The summed E-state index contributed by atoms with van der Waals surface area (Å²) in [6.07, 6.45) is 7.96. The molecule has 0 amide bonds. The molecule has 1 aromatic rings. The van der Waals surface area contributed by atoms with Gasteiger partial charge < -0.3 is 10.1 Å². The molecule has 2 heterocycles. The van der Waals surface area contributed by atoms with Crippen molar-refractivity contribution in [3.05, 3.63) is 16.9 Å². The molecule has 0 spiro atoms. The van der Waals surface area contributed by atoms with Gasteiger partial charge in [-0.25, -0.2) is 0 Å². The van der Waals surface area contributed by atoms with Crippen LogP contribution in [0.3, 0.4) is 0 Å². The maximum Gasteiger partial charge on any atom is 0.0833 e. The quantitative estimate of drug-likeness (QED) is 0.873. The lowest BCUT2D eigenvalue weighted by Gasteiger charge is -2.25. The van der Waals surface area contributed by atoms with Crippen LogP contribution in [0.5, 0.6) is 0 Å². The zero-order valence-electron chi connectivity index (χ0n) is 11.9. The molecule has 0 aromatic carbocycles. The number of ether oxygens (including phenoxy) is 1. The van der Waals surface area contributed by atoms with E-state index < -0.39 is 0 Å². The largest absolute Gasteiger partial charge is 0.378 e. The van der Waals surface area contributed by atoms with Gasteiger partial charge in [0.1, 0.15) is 0 Å². The maximum atomic E-state index is 6.24. The Morgan fingerprint density at radius 2 is 2.42 bits per heavy atom. The van der Waals surface area contributed by atoms with E-state index in [-0.39, 0.29) is 6.04 Å². The number of aromatic nitrogens is 2. The van der Waals surface area contributed by atoms with Crippen LogP contribution in [0.25, 0.3) is 0 Å². The number of aryl methyl sites for hydroxylation is 1. The molecular weight excluding hydrogens is 262 g/mol. The molecule has 0 aliphatic carbocycles. The van der Waals surface area contributed by atoms with Crippen LogP contribution in [0.4, 0.5) is 0 Å². The molecule has 1 aromatic heterocycles. The van der Waals surface area contributed by atoms with Crippen LogP contribution in [0.15, 0.2) is 6.20 Å². The Balaban J connectivity index is 1.96. The zero-order valence-corrected chi connectivity index (χ0v) is 12.6. The van der Waals surface area contributed by atoms with Crippen molar-refractivity contribution in [3.8, 4) is 0 Å². The zero-order chi connectivity index (χ0) is 13.7. The van der Waals surface area contributed by atoms with Gasteiger partial charge in [0.2, 0.25) is 0 Å². The SMILES string of the molecule is CCNC(CCC1CCCCO1)c1c(Cl)cnn1C. The first-order chi connectivity index (χ1) is 9.22. The highest BCUT2D eigenvalue weighted by molar-refractivity contribution is 6.31. The second kappa shape index (κ2) is 7.27. The summed E-state index contributed by atoms with van der Waals surface area (Å²) in [6.45, 7) is 3.97. The predicted octanol–water partition coefficient (Wildman–Crippen LogP) is 3.07. The third kappa shape index (κ3) is 3.94. The smallest absolute Gasteiger partial charge is 0.0833 e. The highest BCUT2D eigenvalue weighted by Gasteiger charge is 2.21. The molecule has 1 saturated heterocycles. The molecule has 5 heteroatoms. The van der Waals surface area contributed by atoms with Gasteiger partial charge in [-0.3, -0.25) is 4.68 Å². The maximum absolute atomic E-state index is 6.24. The van der Waals surface area contributed by atoms with Crippen LogP contribution in [0.1, 0.15) is 50.8 Å². The van der Waals surface area contributed by atoms with E-state index in [0.717, 1.165) is 36.7 Å². The molecule has 1 fully saturated rings. The van der Waals surface area contributed by atoms with E-state index in [1.807, 2.05) is 11.7 Å². The fraction of sp³-hybridized carbons (Fsp3) is 0.786. The van der Waals surface area contributed by atoms with E-state index in [0.29, 0.717) is 6.10 Å². The van der Waals surface area contributed by atoms with Crippen molar-refractivity contribution in [3.63, 3.8) is 0 Å². The monoisotopic (exact) mass is 285 g/mol. The van der Waals surface area contributed by atoms with E-state index in [1.54, 1.807) is 6.20 Å². The Labute approximate surface area is 120 Å². The third-order valence-electron chi connectivity index (χ3n) is 3.77. The van der Waals surface area contributed by atoms with Crippen LogP contribution in [0.2, 0.25) is 5.02 Å². The van der Waals surface area contributed by atoms with Gasteiger partial charge in [-0.15, -0.1) is 0 Å². The molecule has 0 saturated carbocycles. The van der Waals surface area contributed by atoms with Gasteiger partial charge in [-0.2, -0.15) is 5.10 Å². The minimum absolute atomic E-state index is 0.260. The number of nitrogens with one attached hydrogen (secondary N) is 1. The van der Waals surface area contributed by atoms with E-state index in [9.17, 15) is 0 Å². The van der Waals surface area contributed by atoms with Gasteiger partial charge in [-0.1, -0.05) is 18.5 Å². The van der Waals surface area contributed by atoms with Crippen molar-refractivity contribution in [1.82, 2.24) is 15.1 Å². The number of nitrogens with zero attached hydrogens (tertiary/aromatic N) is 2. The number of rotatable bonds is 6. The first kappa shape index (κ1) is 14.8. The molecule has 1 N–H and O–H groups in total. The molecule has 2 unspecified atom stereocenters. The summed E-state index contributed by atoms with van der Waals surface area (Å²) >= 11 is 6.24. The highest BCUT2D eigenvalue weighted by atomic mass is 35.5. The molecule has 2 rings (SSSR count). The summed E-state index contributed by atoms with van der Waals surface area (Å²) in [5, 5.41) is 8.48. The summed E-state index contributed by atoms with van der Waals surface area (Å²) in [4.78, 5) is 0. The molecule has 19 heavy (non-hydrogen) atoms. The predicted molar refractivity (Wildman–Crippen MR) is 77.5 cm³/mol. The lowest BCUT2D eigenvalue weighted by molar-refractivity contribution is 0.00844. The molecule has 0 bridgehead atoms. The van der Waals surface area contributed by atoms with Gasteiger partial charge in [-0.05, 0) is 38.6 Å². The molecule has 4 nitrogen and oxygen atoms in total. The van der Waals surface area contributed by atoms with E-state index in [2.05, 4.69) is 17.3 Å². The average molecular weight is 286 g/mol. The molecule has 1 aliphatic rings. The van der Waals surface area contributed by atoms with E-state index >= 15 is 0 Å². The molecule has 2 atom stereocenters. The average Bonchev–Trinajstić information content (AvgIpc) is 2.76. The van der Waals surface area contributed by atoms with Gasteiger partial charge in [0.15, 0.2) is 0 Å². The minimum atomic E-state index is 0.260. The van der Waals surface area contributed by atoms with Gasteiger partial charge in [0, 0.05) is 13.7 Å². The van der Waals surface area contributed by atoms with Crippen LogP contribution in [0, 0.1) is 0 Å². The van der Waals surface area contributed by atoms with Gasteiger partial charge in [0.25, 0.3) is 0 Å².